The molecule has 0 bridgehead atoms. The zero-order chi connectivity index (χ0) is 20.6. The average molecular weight is 407 g/mol. The van der Waals surface area contributed by atoms with Crippen LogP contribution >= 0.6 is 11.8 Å². The fourth-order valence-corrected chi connectivity index (χ4v) is 3.76. The third-order valence-corrected chi connectivity index (χ3v) is 5.32. The van der Waals surface area contributed by atoms with Crippen LogP contribution in [0.3, 0.4) is 0 Å². The Bertz CT molecular complexity index is 989. The summed E-state index contributed by atoms with van der Waals surface area (Å²) in [6.45, 7) is 4.30. The van der Waals surface area contributed by atoms with Crippen LogP contribution in [0.25, 0.3) is 11.4 Å². The summed E-state index contributed by atoms with van der Waals surface area (Å²) in [7, 11) is 1.46. The van der Waals surface area contributed by atoms with Crippen molar-refractivity contribution in [3.05, 3.63) is 78.9 Å². The van der Waals surface area contributed by atoms with Crippen LogP contribution in [0.5, 0.6) is 0 Å². The summed E-state index contributed by atoms with van der Waals surface area (Å²) in [6.07, 6.45) is 1.75. The van der Waals surface area contributed by atoms with E-state index in [0.29, 0.717) is 17.5 Å². The molecule has 1 heterocycles. The van der Waals surface area contributed by atoms with Gasteiger partial charge in [0.2, 0.25) is 5.91 Å². The van der Waals surface area contributed by atoms with Crippen molar-refractivity contribution < 1.29 is 9.59 Å². The third-order valence-electron chi connectivity index (χ3n) is 4.09. The molecule has 8 heteroatoms. The van der Waals surface area contributed by atoms with E-state index in [1.807, 2.05) is 65.2 Å². The number of nitrogens with one attached hydrogen (secondary N) is 2. The summed E-state index contributed by atoms with van der Waals surface area (Å²) in [5, 5.41) is 13.3. The first-order valence-corrected chi connectivity index (χ1v) is 9.85. The molecule has 1 atom stereocenters. The van der Waals surface area contributed by atoms with Crippen molar-refractivity contribution in [2.75, 3.05) is 7.05 Å². The summed E-state index contributed by atoms with van der Waals surface area (Å²) < 4.78 is 1.90. The van der Waals surface area contributed by atoms with E-state index < -0.39 is 17.2 Å². The minimum Gasteiger partial charge on any atom is -0.341 e. The number of urea groups is 1. The highest BCUT2D eigenvalue weighted by Gasteiger charge is 2.26. The maximum absolute atomic E-state index is 12.8. The molecule has 0 aliphatic rings. The predicted molar refractivity (Wildman–Crippen MR) is 113 cm³/mol. The Labute approximate surface area is 173 Å². The number of hydrogen-bond acceptors (Lipinski definition) is 5. The molecule has 0 saturated carbocycles. The Balaban J connectivity index is 1.97. The second kappa shape index (κ2) is 9.70. The number of carbonyl (C=O) groups is 2. The Hall–Kier alpha value is -3.39. The zero-order valence-corrected chi connectivity index (χ0v) is 16.7. The van der Waals surface area contributed by atoms with E-state index in [1.165, 1.54) is 18.8 Å². The number of thioether (sulfide) groups is 1. The zero-order valence-electron chi connectivity index (χ0n) is 15.9. The Morgan fingerprint density at radius 2 is 1.76 bits per heavy atom. The van der Waals surface area contributed by atoms with Gasteiger partial charge in [-0.05, 0) is 5.56 Å². The maximum Gasteiger partial charge on any atom is 0.321 e. The number of hydrogen-bond donors (Lipinski definition) is 2. The van der Waals surface area contributed by atoms with E-state index in [4.69, 9.17) is 0 Å². The van der Waals surface area contributed by atoms with E-state index in [-0.39, 0.29) is 0 Å². The van der Waals surface area contributed by atoms with Crippen LogP contribution in [0.15, 0.2) is 78.5 Å². The summed E-state index contributed by atoms with van der Waals surface area (Å²) in [5.41, 5.74) is 1.67. The van der Waals surface area contributed by atoms with Gasteiger partial charge in [0.05, 0.1) is 0 Å². The van der Waals surface area contributed by atoms with E-state index in [2.05, 4.69) is 27.4 Å². The fourth-order valence-electron chi connectivity index (χ4n) is 2.72. The van der Waals surface area contributed by atoms with E-state index in [9.17, 15) is 9.59 Å². The van der Waals surface area contributed by atoms with Gasteiger partial charge in [-0.15, -0.1) is 16.8 Å². The first-order chi connectivity index (χ1) is 14.1. The molecule has 0 spiro atoms. The summed E-state index contributed by atoms with van der Waals surface area (Å²) >= 11 is 1.23. The Morgan fingerprint density at radius 3 is 2.38 bits per heavy atom. The SMILES string of the molecule is C=CCn1c(S[C@H](C(=O)NC(=O)NC)c2ccccc2)nnc1-c1ccccc1. The van der Waals surface area contributed by atoms with Crippen LogP contribution in [0.4, 0.5) is 4.79 Å². The van der Waals surface area contributed by atoms with Gasteiger partial charge < -0.3 is 5.32 Å². The van der Waals surface area contributed by atoms with Crippen molar-refractivity contribution in [3.63, 3.8) is 0 Å². The first kappa shape index (κ1) is 20.3. The lowest BCUT2D eigenvalue weighted by Gasteiger charge is -2.16. The molecule has 148 valence electrons. The highest BCUT2D eigenvalue weighted by atomic mass is 32.2. The maximum atomic E-state index is 12.8. The molecule has 3 amide bonds. The molecule has 7 nitrogen and oxygen atoms in total. The van der Waals surface area contributed by atoms with Crippen molar-refractivity contribution in [2.24, 2.45) is 0 Å². The van der Waals surface area contributed by atoms with E-state index >= 15 is 0 Å². The molecule has 3 aromatic rings. The van der Waals surface area contributed by atoms with Crippen molar-refractivity contribution in [2.45, 2.75) is 17.0 Å². The number of allylic oxidation sites excluding steroid dienone is 1. The molecule has 0 saturated heterocycles. The highest BCUT2D eigenvalue weighted by Crippen LogP contribution is 2.36. The number of benzene rings is 2. The second-order valence-corrected chi connectivity index (χ2v) is 7.12. The third kappa shape index (κ3) is 4.91. The van der Waals surface area contributed by atoms with Crippen LogP contribution in [0.1, 0.15) is 10.8 Å². The minimum atomic E-state index is -0.676. The van der Waals surface area contributed by atoms with Gasteiger partial charge >= 0.3 is 6.03 Å². The molecule has 0 radical (unpaired) electrons. The van der Waals surface area contributed by atoms with Gasteiger partial charge in [0.1, 0.15) is 5.25 Å². The number of aromatic nitrogens is 3. The summed E-state index contributed by atoms with van der Waals surface area (Å²) in [4.78, 5) is 24.5. The molecule has 0 aliphatic heterocycles. The molecule has 2 N–H and O–H groups in total. The standard InChI is InChI=1S/C21H21N5O2S/c1-3-14-26-18(16-12-8-5-9-13-16)24-25-21(26)29-17(15-10-6-4-7-11-15)19(27)23-20(28)22-2/h3-13,17H,1,14H2,2H3,(H2,22,23,27,28)/t17-/m0/s1. The highest BCUT2D eigenvalue weighted by molar-refractivity contribution is 8.00. The number of carbonyl (C=O) groups excluding carboxylic acids is 2. The smallest absolute Gasteiger partial charge is 0.321 e. The number of amides is 3. The Morgan fingerprint density at radius 1 is 1.10 bits per heavy atom. The average Bonchev–Trinajstić information content (AvgIpc) is 3.15. The van der Waals surface area contributed by atoms with E-state index in [1.54, 1.807) is 6.08 Å². The number of rotatable bonds is 7. The topological polar surface area (TPSA) is 88.9 Å². The number of nitrogens with zero attached hydrogens (tertiary/aromatic N) is 3. The molecular weight excluding hydrogens is 386 g/mol. The summed E-state index contributed by atoms with van der Waals surface area (Å²) in [6, 6.07) is 18.4. The second-order valence-electron chi connectivity index (χ2n) is 6.05. The summed E-state index contributed by atoms with van der Waals surface area (Å²) in [5.74, 6) is 0.251. The van der Waals surface area contributed by atoms with Gasteiger partial charge in [-0.1, -0.05) is 78.5 Å². The van der Waals surface area contributed by atoms with Crippen LogP contribution in [-0.2, 0) is 11.3 Å². The first-order valence-electron chi connectivity index (χ1n) is 8.97. The van der Waals surface area contributed by atoms with Crippen LogP contribution in [0.2, 0.25) is 0 Å². The van der Waals surface area contributed by atoms with E-state index in [0.717, 1.165) is 11.1 Å². The normalized spacial score (nSPS) is 11.5. The Kier molecular flexibility index (Phi) is 6.80. The molecular formula is C21H21N5O2S. The van der Waals surface area contributed by atoms with Gasteiger partial charge in [-0.3, -0.25) is 14.7 Å². The largest absolute Gasteiger partial charge is 0.341 e. The van der Waals surface area contributed by atoms with Crippen LogP contribution in [0, 0.1) is 0 Å². The van der Waals surface area contributed by atoms with Crippen molar-refractivity contribution in [3.8, 4) is 11.4 Å². The predicted octanol–water partition coefficient (Wildman–Crippen LogP) is 3.42. The van der Waals surface area contributed by atoms with Gasteiger partial charge in [-0.25, -0.2) is 4.79 Å². The van der Waals surface area contributed by atoms with Crippen molar-refractivity contribution >= 4 is 23.7 Å². The van der Waals surface area contributed by atoms with Crippen LogP contribution < -0.4 is 10.6 Å². The fraction of sp³-hybridized carbons (Fsp3) is 0.143. The molecule has 0 fully saturated rings. The van der Waals surface area contributed by atoms with Crippen molar-refractivity contribution in [1.82, 2.24) is 25.4 Å². The lowest BCUT2D eigenvalue weighted by molar-refractivity contribution is -0.119. The number of imide groups is 1. The van der Waals surface area contributed by atoms with Gasteiger partial charge in [0.15, 0.2) is 11.0 Å². The van der Waals surface area contributed by atoms with Gasteiger partial charge in [-0.2, -0.15) is 0 Å². The molecule has 2 aromatic carbocycles. The van der Waals surface area contributed by atoms with Gasteiger partial charge in [0, 0.05) is 19.2 Å². The lowest BCUT2D eigenvalue weighted by Crippen LogP contribution is -2.39. The molecule has 3 rings (SSSR count). The monoisotopic (exact) mass is 407 g/mol. The lowest BCUT2D eigenvalue weighted by atomic mass is 10.1. The molecule has 1 aromatic heterocycles. The minimum absolute atomic E-state index is 0.435. The van der Waals surface area contributed by atoms with Crippen molar-refractivity contribution in [1.29, 1.82) is 0 Å². The quantitative estimate of drug-likeness (QED) is 0.463. The molecule has 29 heavy (non-hydrogen) atoms. The molecule has 0 unspecified atom stereocenters. The molecule has 0 aliphatic carbocycles. The van der Waals surface area contributed by atoms with Crippen LogP contribution in [-0.4, -0.2) is 33.8 Å². The van der Waals surface area contributed by atoms with Gasteiger partial charge in [0.25, 0.3) is 0 Å².